The molecule has 100 valence electrons. The van der Waals surface area contributed by atoms with Gasteiger partial charge in [0.05, 0.1) is 14.2 Å². The van der Waals surface area contributed by atoms with Crippen LogP contribution in [0.3, 0.4) is 0 Å². The molecule has 0 bridgehead atoms. The zero-order valence-corrected chi connectivity index (χ0v) is 11.5. The third kappa shape index (κ3) is 3.16. The van der Waals surface area contributed by atoms with E-state index < -0.39 is 0 Å². The quantitative estimate of drug-likeness (QED) is 0.805. The molecule has 1 aromatic carbocycles. The van der Waals surface area contributed by atoms with Crippen LogP contribution in [0.15, 0.2) is 18.2 Å². The third-order valence-corrected chi connectivity index (χ3v) is 3.44. The molecule has 1 saturated carbocycles. The maximum atomic E-state index is 5.34. The molecule has 1 aromatic rings. The monoisotopic (exact) mass is 249 g/mol. The van der Waals surface area contributed by atoms with Gasteiger partial charge in [0, 0.05) is 12.1 Å². The van der Waals surface area contributed by atoms with E-state index in [1.165, 1.54) is 18.4 Å². The van der Waals surface area contributed by atoms with Crippen LogP contribution in [-0.2, 0) is 0 Å². The third-order valence-electron chi connectivity index (χ3n) is 3.44. The Morgan fingerprint density at radius 1 is 1.17 bits per heavy atom. The van der Waals surface area contributed by atoms with E-state index in [4.69, 9.17) is 9.47 Å². The van der Waals surface area contributed by atoms with Crippen molar-refractivity contribution in [1.29, 1.82) is 0 Å². The van der Waals surface area contributed by atoms with Gasteiger partial charge in [-0.05, 0) is 49.4 Å². The summed E-state index contributed by atoms with van der Waals surface area (Å²) in [7, 11) is 3.40. The Morgan fingerprint density at radius 3 is 2.22 bits per heavy atom. The van der Waals surface area contributed by atoms with Gasteiger partial charge in [-0.2, -0.15) is 0 Å². The van der Waals surface area contributed by atoms with E-state index in [0.717, 1.165) is 30.4 Å². The maximum absolute atomic E-state index is 5.34. The number of rotatable bonds is 7. The molecule has 0 heterocycles. The lowest BCUT2D eigenvalue weighted by Gasteiger charge is -2.20. The van der Waals surface area contributed by atoms with E-state index in [1.807, 2.05) is 6.07 Å². The van der Waals surface area contributed by atoms with Crippen molar-refractivity contribution in [2.24, 2.45) is 5.92 Å². The van der Waals surface area contributed by atoms with Crippen LogP contribution in [0.2, 0.25) is 0 Å². The molecule has 0 radical (unpaired) electrons. The summed E-state index contributed by atoms with van der Waals surface area (Å²) < 4.78 is 10.7. The topological polar surface area (TPSA) is 30.5 Å². The van der Waals surface area contributed by atoms with Crippen molar-refractivity contribution in [1.82, 2.24) is 5.32 Å². The molecule has 1 atom stereocenters. The van der Waals surface area contributed by atoms with Crippen molar-refractivity contribution in [2.75, 3.05) is 20.8 Å². The highest BCUT2D eigenvalue weighted by molar-refractivity contribution is 5.40. The lowest BCUT2D eigenvalue weighted by atomic mass is 10.0. The molecule has 2 rings (SSSR count). The molecular formula is C15H23NO2. The Hall–Kier alpha value is -1.22. The second kappa shape index (κ2) is 6.10. The molecule has 0 spiro atoms. The average molecular weight is 249 g/mol. The summed E-state index contributed by atoms with van der Waals surface area (Å²) in [6, 6.07) is 6.60. The molecule has 1 N–H and O–H groups in total. The van der Waals surface area contributed by atoms with E-state index in [1.54, 1.807) is 14.2 Å². The first-order chi connectivity index (χ1) is 8.78. The van der Waals surface area contributed by atoms with Crippen LogP contribution in [0.5, 0.6) is 11.5 Å². The van der Waals surface area contributed by atoms with Crippen molar-refractivity contribution in [3.05, 3.63) is 23.8 Å². The lowest BCUT2D eigenvalue weighted by Crippen LogP contribution is -2.23. The van der Waals surface area contributed by atoms with Crippen LogP contribution >= 0.6 is 0 Å². The molecule has 1 fully saturated rings. The fourth-order valence-corrected chi connectivity index (χ4v) is 2.30. The summed E-state index contributed by atoms with van der Waals surface area (Å²) in [4.78, 5) is 0. The zero-order valence-electron chi connectivity index (χ0n) is 11.5. The standard InChI is InChI=1S/C15H23NO2/c1-4-7-16-15(11-5-6-11)12-8-13(17-2)10-14(9-12)18-3/h8-11,15-16H,4-7H2,1-3H3. The van der Waals surface area contributed by atoms with Crippen molar-refractivity contribution in [3.63, 3.8) is 0 Å². The highest BCUT2D eigenvalue weighted by Gasteiger charge is 2.32. The van der Waals surface area contributed by atoms with Gasteiger partial charge in [-0.1, -0.05) is 6.92 Å². The Balaban J connectivity index is 2.22. The van der Waals surface area contributed by atoms with Crippen LogP contribution in [-0.4, -0.2) is 20.8 Å². The molecule has 0 aromatic heterocycles. The van der Waals surface area contributed by atoms with Gasteiger partial charge in [0.1, 0.15) is 11.5 Å². The maximum Gasteiger partial charge on any atom is 0.122 e. The SMILES string of the molecule is CCCNC(c1cc(OC)cc(OC)c1)C1CC1. The van der Waals surface area contributed by atoms with E-state index in [0.29, 0.717) is 6.04 Å². The summed E-state index contributed by atoms with van der Waals surface area (Å²) >= 11 is 0. The second-order valence-electron chi connectivity index (χ2n) is 4.92. The van der Waals surface area contributed by atoms with Gasteiger partial charge in [-0.3, -0.25) is 0 Å². The average Bonchev–Trinajstić information content (AvgIpc) is 3.23. The number of nitrogens with one attached hydrogen (secondary N) is 1. The van der Waals surface area contributed by atoms with Gasteiger partial charge >= 0.3 is 0 Å². The summed E-state index contributed by atoms with van der Waals surface area (Å²) in [5.74, 6) is 2.51. The second-order valence-corrected chi connectivity index (χ2v) is 4.92. The van der Waals surface area contributed by atoms with Crippen molar-refractivity contribution < 1.29 is 9.47 Å². The molecule has 0 saturated heterocycles. The highest BCUT2D eigenvalue weighted by atomic mass is 16.5. The van der Waals surface area contributed by atoms with Gasteiger partial charge < -0.3 is 14.8 Å². The van der Waals surface area contributed by atoms with E-state index in [2.05, 4.69) is 24.4 Å². The van der Waals surface area contributed by atoms with E-state index in [9.17, 15) is 0 Å². The Kier molecular flexibility index (Phi) is 4.48. The zero-order chi connectivity index (χ0) is 13.0. The summed E-state index contributed by atoms with van der Waals surface area (Å²) in [5, 5.41) is 3.64. The molecule has 1 aliphatic rings. The number of methoxy groups -OCH3 is 2. The predicted octanol–water partition coefficient (Wildman–Crippen LogP) is 3.15. The van der Waals surface area contributed by atoms with Crippen LogP contribution in [0.25, 0.3) is 0 Å². The van der Waals surface area contributed by atoms with Crippen LogP contribution < -0.4 is 14.8 Å². The molecule has 18 heavy (non-hydrogen) atoms. The van der Waals surface area contributed by atoms with Crippen LogP contribution in [0.4, 0.5) is 0 Å². The minimum absolute atomic E-state index is 0.439. The number of ether oxygens (including phenoxy) is 2. The van der Waals surface area contributed by atoms with Gasteiger partial charge in [-0.25, -0.2) is 0 Å². The summed E-state index contributed by atoms with van der Waals surface area (Å²) in [6.45, 7) is 3.25. The molecule has 0 amide bonds. The molecular weight excluding hydrogens is 226 g/mol. The van der Waals surface area contributed by atoms with Gasteiger partial charge in [0.25, 0.3) is 0 Å². The van der Waals surface area contributed by atoms with E-state index >= 15 is 0 Å². The minimum atomic E-state index is 0.439. The Morgan fingerprint density at radius 2 is 1.78 bits per heavy atom. The highest BCUT2D eigenvalue weighted by Crippen LogP contribution is 2.42. The van der Waals surface area contributed by atoms with Gasteiger partial charge in [0.15, 0.2) is 0 Å². The molecule has 1 unspecified atom stereocenters. The van der Waals surface area contributed by atoms with Crippen LogP contribution in [0, 0.1) is 5.92 Å². The Labute approximate surface area is 109 Å². The minimum Gasteiger partial charge on any atom is -0.497 e. The molecule has 0 aliphatic heterocycles. The fourth-order valence-electron chi connectivity index (χ4n) is 2.30. The van der Waals surface area contributed by atoms with E-state index in [-0.39, 0.29) is 0 Å². The predicted molar refractivity (Wildman–Crippen MR) is 73.3 cm³/mol. The van der Waals surface area contributed by atoms with Crippen molar-refractivity contribution in [3.8, 4) is 11.5 Å². The smallest absolute Gasteiger partial charge is 0.122 e. The van der Waals surface area contributed by atoms with Crippen LogP contribution in [0.1, 0.15) is 37.8 Å². The molecule has 3 nitrogen and oxygen atoms in total. The normalized spacial score (nSPS) is 16.4. The van der Waals surface area contributed by atoms with Gasteiger partial charge in [0.2, 0.25) is 0 Å². The summed E-state index contributed by atoms with van der Waals surface area (Å²) in [6.07, 6.45) is 3.80. The molecule has 1 aliphatic carbocycles. The first kappa shape index (κ1) is 13.2. The lowest BCUT2D eigenvalue weighted by molar-refractivity contribution is 0.389. The Bertz CT molecular complexity index is 366. The molecule has 3 heteroatoms. The number of benzene rings is 1. The summed E-state index contributed by atoms with van der Waals surface area (Å²) in [5.41, 5.74) is 1.28. The number of hydrogen-bond acceptors (Lipinski definition) is 3. The largest absolute Gasteiger partial charge is 0.497 e. The fraction of sp³-hybridized carbons (Fsp3) is 0.600. The van der Waals surface area contributed by atoms with Crippen molar-refractivity contribution >= 4 is 0 Å². The van der Waals surface area contributed by atoms with Crippen molar-refractivity contribution in [2.45, 2.75) is 32.2 Å². The van der Waals surface area contributed by atoms with Gasteiger partial charge in [-0.15, -0.1) is 0 Å². The first-order valence-corrected chi connectivity index (χ1v) is 6.74. The number of hydrogen-bond donors (Lipinski definition) is 1. The first-order valence-electron chi connectivity index (χ1n) is 6.74.